The van der Waals surface area contributed by atoms with E-state index in [4.69, 9.17) is 9.47 Å². The number of piperazine rings is 1. The lowest BCUT2D eigenvalue weighted by Crippen LogP contribution is -2.45. The SMILES string of the molecule is COc1cc(CNCCCN2CCN(C)CC2)ccc1OCc1ccncc1. The summed E-state index contributed by atoms with van der Waals surface area (Å²) in [5, 5.41) is 3.54. The fraction of sp³-hybridized carbons (Fsp3) is 0.500. The quantitative estimate of drug-likeness (QED) is 0.635. The lowest BCUT2D eigenvalue weighted by Gasteiger charge is -2.32. The third-order valence-corrected chi connectivity index (χ3v) is 5.12. The molecule has 2 aromatic rings. The van der Waals surface area contributed by atoms with E-state index in [2.05, 4.69) is 39.3 Å². The molecule has 0 radical (unpaired) electrons. The van der Waals surface area contributed by atoms with Crippen LogP contribution in [0.15, 0.2) is 42.7 Å². The molecule has 1 aliphatic heterocycles. The summed E-state index contributed by atoms with van der Waals surface area (Å²) in [4.78, 5) is 8.98. The first-order chi connectivity index (χ1) is 13.7. The van der Waals surface area contributed by atoms with Crippen molar-refractivity contribution in [3.63, 3.8) is 0 Å². The summed E-state index contributed by atoms with van der Waals surface area (Å²) in [7, 11) is 3.88. The van der Waals surface area contributed by atoms with Crippen molar-refractivity contribution in [1.82, 2.24) is 20.1 Å². The van der Waals surface area contributed by atoms with Crippen LogP contribution in [0.5, 0.6) is 11.5 Å². The molecule has 1 fully saturated rings. The van der Waals surface area contributed by atoms with Crippen LogP contribution in [0.3, 0.4) is 0 Å². The number of nitrogens with one attached hydrogen (secondary N) is 1. The number of benzene rings is 1. The molecule has 28 heavy (non-hydrogen) atoms. The highest BCUT2D eigenvalue weighted by Crippen LogP contribution is 2.28. The summed E-state index contributed by atoms with van der Waals surface area (Å²) in [6.45, 7) is 8.28. The zero-order valence-electron chi connectivity index (χ0n) is 17.1. The molecule has 2 heterocycles. The van der Waals surface area contributed by atoms with E-state index in [0.717, 1.165) is 30.2 Å². The van der Waals surface area contributed by atoms with Gasteiger partial charge in [-0.3, -0.25) is 4.98 Å². The minimum absolute atomic E-state index is 0.503. The van der Waals surface area contributed by atoms with Crippen LogP contribution in [0.25, 0.3) is 0 Å². The number of methoxy groups -OCH3 is 1. The number of nitrogens with zero attached hydrogens (tertiary/aromatic N) is 3. The van der Waals surface area contributed by atoms with Crippen molar-refractivity contribution in [3.05, 3.63) is 53.9 Å². The number of aromatic nitrogens is 1. The molecule has 1 saturated heterocycles. The summed E-state index contributed by atoms with van der Waals surface area (Å²) in [5.41, 5.74) is 2.29. The second-order valence-electron chi connectivity index (χ2n) is 7.30. The third-order valence-electron chi connectivity index (χ3n) is 5.12. The van der Waals surface area contributed by atoms with Crippen LogP contribution >= 0.6 is 0 Å². The standard InChI is InChI=1S/C22H32N4O2/c1-25-12-14-26(15-13-25)11-3-8-24-17-20-4-5-21(22(16-20)27-2)28-18-19-6-9-23-10-7-19/h4-7,9-10,16,24H,3,8,11-15,17-18H2,1-2H3. The lowest BCUT2D eigenvalue weighted by atomic mass is 10.2. The first-order valence-corrected chi connectivity index (χ1v) is 10.0. The van der Waals surface area contributed by atoms with Gasteiger partial charge in [0, 0.05) is 45.1 Å². The molecule has 1 N–H and O–H groups in total. The zero-order chi connectivity index (χ0) is 19.6. The Balaban J connectivity index is 1.39. The Bertz CT molecular complexity index is 703. The van der Waals surface area contributed by atoms with Crippen LogP contribution in [-0.4, -0.2) is 68.2 Å². The molecule has 0 aliphatic carbocycles. The van der Waals surface area contributed by atoms with Crippen LogP contribution in [0.4, 0.5) is 0 Å². The van der Waals surface area contributed by atoms with Crippen molar-refractivity contribution in [2.75, 3.05) is 53.4 Å². The van der Waals surface area contributed by atoms with Crippen LogP contribution in [-0.2, 0) is 13.2 Å². The fourth-order valence-corrected chi connectivity index (χ4v) is 3.31. The van der Waals surface area contributed by atoms with Crippen LogP contribution in [0.2, 0.25) is 0 Å². The summed E-state index contributed by atoms with van der Waals surface area (Å²) in [6.07, 6.45) is 4.72. The molecule has 6 nitrogen and oxygen atoms in total. The maximum absolute atomic E-state index is 5.90. The minimum Gasteiger partial charge on any atom is -0.493 e. The normalized spacial score (nSPS) is 15.5. The summed E-state index contributed by atoms with van der Waals surface area (Å²) >= 11 is 0. The fourth-order valence-electron chi connectivity index (χ4n) is 3.31. The zero-order valence-corrected chi connectivity index (χ0v) is 17.1. The van der Waals surface area contributed by atoms with E-state index in [1.54, 1.807) is 19.5 Å². The van der Waals surface area contributed by atoms with Gasteiger partial charge in [-0.05, 0) is 62.0 Å². The van der Waals surface area contributed by atoms with Gasteiger partial charge < -0.3 is 24.6 Å². The van der Waals surface area contributed by atoms with Crippen molar-refractivity contribution in [3.8, 4) is 11.5 Å². The van der Waals surface area contributed by atoms with E-state index in [1.165, 1.54) is 44.7 Å². The van der Waals surface area contributed by atoms with Gasteiger partial charge in [0.05, 0.1) is 7.11 Å². The van der Waals surface area contributed by atoms with Crippen molar-refractivity contribution in [2.45, 2.75) is 19.6 Å². The van der Waals surface area contributed by atoms with E-state index >= 15 is 0 Å². The van der Waals surface area contributed by atoms with Crippen LogP contribution in [0.1, 0.15) is 17.5 Å². The average molecular weight is 385 g/mol. The second-order valence-corrected chi connectivity index (χ2v) is 7.30. The van der Waals surface area contributed by atoms with E-state index in [9.17, 15) is 0 Å². The van der Waals surface area contributed by atoms with Gasteiger partial charge in [0.25, 0.3) is 0 Å². The monoisotopic (exact) mass is 384 g/mol. The Hall–Kier alpha value is -2.15. The Morgan fingerprint density at radius 2 is 1.79 bits per heavy atom. The number of ether oxygens (including phenoxy) is 2. The molecule has 1 aliphatic rings. The van der Waals surface area contributed by atoms with Crippen molar-refractivity contribution >= 4 is 0 Å². The molecule has 0 bridgehead atoms. The van der Waals surface area contributed by atoms with Gasteiger partial charge in [-0.1, -0.05) is 6.07 Å². The highest BCUT2D eigenvalue weighted by atomic mass is 16.5. The molecule has 0 spiro atoms. The van der Waals surface area contributed by atoms with Gasteiger partial charge in [-0.15, -0.1) is 0 Å². The Labute approximate surface area is 168 Å². The van der Waals surface area contributed by atoms with E-state index in [0.29, 0.717) is 6.61 Å². The van der Waals surface area contributed by atoms with Gasteiger partial charge in [-0.25, -0.2) is 0 Å². The molecule has 0 amide bonds. The van der Waals surface area contributed by atoms with E-state index in [-0.39, 0.29) is 0 Å². The van der Waals surface area contributed by atoms with E-state index in [1.807, 2.05) is 18.2 Å². The maximum atomic E-state index is 5.90. The minimum atomic E-state index is 0.503. The molecular formula is C22H32N4O2. The molecule has 1 aromatic heterocycles. The Morgan fingerprint density at radius 1 is 1.00 bits per heavy atom. The molecule has 152 valence electrons. The number of pyridine rings is 1. The van der Waals surface area contributed by atoms with Crippen molar-refractivity contribution < 1.29 is 9.47 Å². The Morgan fingerprint density at radius 3 is 2.54 bits per heavy atom. The largest absolute Gasteiger partial charge is 0.493 e. The van der Waals surface area contributed by atoms with Crippen molar-refractivity contribution in [2.24, 2.45) is 0 Å². The highest BCUT2D eigenvalue weighted by Gasteiger charge is 2.12. The third kappa shape index (κ3) is 6.48. The summed E-state index contributed by atoms with van der Waals surface area (Å²) in [6, 6.07) is 10.0. The molecule has 1 aromatic carbocycles. The van der Waals surface area contributed by atoms with Crippen molar-refractivity contribution in [1.29, 1.82) is 0 Å². The van der Waals surface area contributed by atoms with Gasteiger partial charge in [0.2, 0.25) is 0 Å². The molecule has 0 unspecified atom stereocenters. The molecule has 6 heteroatoms. The summed E-state index contributed by atoms with van der Waals surface area (Å²) < 4.78 is 11.4. The molecule has 0 saturated carbocycles. The number of hydrogen-bond acceptors (Lipinski definition) is 6. The smallest absolute Gasteiger partial charge is 0.161 e. The van der Waals surface area contributed by atoms with Crippen LogP contribution in [0, 0.1) is 0 Å². The first kappa shape index (κ1) is 20.6. The highest BCUT2D eigenvalue weighted by molar-refractivity contribution is 5.43. The average Bonchev–Trinajstić information content (AvgIpc) is 2.74. The summed E-state index contributed by atoms with van der Waals surface area (Å²) in [5.74, 6) is 1.53. The number of hydrogen-bond donors (Lipinski definition) is 1. The lowest BCUT2D eigenvalue weighted by molar-refractivity contribution is 0.153. The number of rotatable bonds is 10. The predicted molar refractivity (Wildman–Crippen MR) is 112 cm³/mol. The van der Waals surface area contributed by atoms with Gasteiger partial charge in [-0.2, -0.15) is 0 Å². The van der Waals surface area contributed by atoms with Gasteiger partial charge >= 0.3 is 0 Å². The molecule has 0 atom stereocenters. The molecular weight excluding hydrogens is 352 g/mol. The van der Waals surface area contributed by atoms with E-state index < -0.39 is 0 Å². The van der Waals surface area contributed by atoms with Gasteiger partial charge in [0.15, 0.2) is 11.5 Å². The topological polar surface area (TPSA) is 49.9 Å². The van der Waals surface area contributed by atoms with Crippen LogP contribution < -0.4 is 14.8 Å². The predicted octanol–water partition coefficient (Wildman–Crippen LogP) is 2.40. The number of likely N-dealkylation sites (N-methyl/N-ethyl adjacent to an activating group) is 1. The Kier molecular flexibility index (Phi) is 8.08. The maximum Gasteiger partial charge on any atom is 0.161 e. The first-order valence-electron chi connectivity index (χ1n) is 10.0. The molecule has 3 rings (SSSR count). The second kappa shape index (κ2) is 11.0. The van der Waals surface area contributed by atoms with Gasteiger partial charge in [0.1, 0.15) is 6.61 Å².